The molecule has 2 aliphatic heterocycles. The van der Waals surface area contributed by atoms with E-state index in [2.05, 4.69) is 22.8 Å². The maximum Gasteiger partial charge on any atom is 0.254 e. The lowest BCUT2D eigenvalue weighted by Crippen LogP contribution is -2.45. The van der Waals surface area contributed by atoms with E-state index in [-0.39, 0.29) is 30.3 Å². The van der Waals surface area contributed by atoms with Gasteiger partial charge >= 0.3 is 0 Å². The molecule has 2 amide bonds. The minimum atomic E-state index is -0.480. The minimum Gasteiger partial charge on any atom is -0.366 e. The van der Waals surface area contributed by atoms with E-state index in [4.69, 9.17) is 4.74 Å². The highest BCUT2D eigenvalue weighted by Gasteiger charge is 2.30. The molecule has 2 unspecified atom stereocenters. The van der Waals surface area contributed by atoms with Crippen molar-refractivity contribution in [3.05, 3.63) is 65.7 Å². The van der Waals surface area contributed by atoms with Gasteiger partial charge in [-0.15, -0.1) is 12.4 Å². The van der Waals surface area contributed by atoms with Crippen LogP contribution in [0, 0.1) is 0 Å². The van der Waals surface area contributed by atoms with Gasteiger partial charge in [0.1, 0.15) is 6.10 Å². The van der Waals surface area contributed by atoms with E-state index < -0.39 is 6.10 Å². The smallest absolute Gasteiger partial charge is 0.254 e. The summed E-state index contributed by atoms with van der Waals surface area (Å²) in [5, 5.41) is 5.99. The summed E-state index contributed by atoms with van der Waals surface area (Å²) >= 11 is 0. The van der Waals surface area contributed by atoms with Crippen LogP contribution in [-0.4, -0.2) is 49.1 Å². The maximum atomic E-state index is 13.0. The van der Waals surface area contributed by atoms with Crippen molar-refractivity contribution in [3.63, 3.8) is 0 Å². The highest BCUT2D eigenvalue weighted by Crippen LogP contribution is 2.33. The van der Waals surface area contributed by atoms with E-state index in [1.807, 2.05) is 23.1 Å². The Morgan fingerprint density at radius 1 is 1.07 bits per heavy atom. The van der Waals surface area contributed by atoms with Crippen molar-refractivity contribution in [2.24, 2.45) is 0 Å². The van der Waals surface area contributed by atoms with Crippen LogP contribution in [0.4, 0.5) is 5.69 Å². The van der Waals surface area contributed by atoms with Crippen LogP contribution in [-0.2, 0) is 9.53 Å². The highest BCUT2D eigenvalue weighted by molar-refractivity contribution is 5.97. The van der Waals surface area contributed by atoms with Crippen molar-refractivity contribution in [2.45, 2.75) is 25.0 Å². The first kappa shape index (κ1) is 21.3. The van der Waals surface area contributed by atoms with Gasteiger partial charge in [0, 0.05) is 30.9 Å². The number of nitrogens with one attached hydrogen (secondary N) is 2. The molecule has 0 aliphatic carbocycles. The number of hydrogen-bond donors (Lipinski definition) is 2. The largest absolute Gasteiger partial charge is 0.366 e. The number of nitrogens with zero attached hydrogens (tertiary/aromatic N) is 1. The molecule has 2 fully saturated rings. The zero-order valence-corrected chi connectivity index (χ0v) is 17.0. The molecule has 2 atom stereocenters. The number of carbonyl (C=O) groups is 2. The summed E-state index contributed by atoms with van der Waals surface area (Å²) in [4.78, 5) is 27.2. The predicted octanol–water partition coefficient (Wildman–Crippen LogP) is 3.01. The second kappa shape index (κ2) is 9.87. The third-order valence-electron chi connectivity index (χ3n) is 5.32. The first-order valence-electron chi connectivity index (χ1n) is 9.81. The van der Waals surface area contributed by atoms with E-state index in [9.17, 15) is 9.59 Å². The topological polar surface area (TPSA) is 70.7 Å². The first-order chi connectivity index (χ1) is 13.7. The molecule has 2 aromatic carbocycles. The number of carbonyl (C=O) groups excluding carboxylic acids is 2. The average Bonchev–Trinajstić information content (AvgIpc) is 3.25. The number of likely N-dealkylation sites (tertiary alicyclic amines) is 1. The summed E-state index contributed by atoms with van der Waals surface area (Å²) in [6.45, 7) is 2.58. The van der Waals surface area contributed by atoms with Crippen molar-refractivity contribution >= 4 is 29.9 Å². The lowest BCUT2D eigenvalue weighted by molar-refractivity contribution is -0.128. The number of amides is 2. The lowest BCUT2D eigenvalue weighted by Gasteiger charge is -2.25. The third kappa shape index (κ3) is 4.96. The molecule has 0 bridgehead atoms. The van der Waals surface area contributed by atoms with Crippen LogP contribution in [0.1, 0.15) is 34.8 Å². The summed E-state index contributed by atoms with van der Waals surface area (Å²) < 4.78 is 5.46. The monoisotopic (exact) mass is 415 g/mol. The molecule has 0 radical (unpaired) electrons. The van der Waals surface area contributed by atoms with Crippen LogP contribution in [0.2, 0.25) is 0 Å². The molecule has 2 heterocycles. The maximum absolute atomic E-state index is 13.0. The molecule has 0 aromatic heterocycles. The number of ether oxygens (including phenoxy) is 1. The summed E-state index contributed by atoms with van der Waals surface area (Å²) in [7, 11) is 0. The molecular formula is C22H26ClN3O3. The molecule has 154 valence electrons. The Bertz CT molecular complexity index is 823. The number of hydrogen-bond acceptors (Lipinski definition) is 4. The van der Waals surface area contributed by atoms with Crippen LogP contribution in [0.3, 0.4) is 0 Å². The van der Waals surface area contributed by atoms with Crippen molar-refractivity contribution in [3.8, 4) is 0 Å². The molecule has 2 aromatic rings. The Kier molecular flexibility index (Phi) is 7.25. The van der Waals surface area contributed by atoms with Crippen LogP contribution >= 0.6 is 12.4 Å². The molecular weight excluding hydrogens is 390 g/mol. The second-order valence-electron chi connectivity index (χ2n) is 7.20. The van der Waals surface area contributed by atoms with E-state index in [0.29, 0.717) is 24.4 Å². The van der Waals surface area contributed by atoms with Crippen molar-refractivity contribution in [1.82, 2.24) is 10.2 Å². The van der Waals surface area contributed by atoms with Crippen LogP contribution in [0.25, 0.3) is 0 Å². The highest BCUT2D eigenvalue weighted by atomic mass is 35.5. The minimum absolute atomic E-state index is 0. The van der Waals surface area contributed by atoms with Gasteiger partial charge in [-0.05, 0) is 42.7 Å². The Morgan fingerprint density at radius 2 is 1.83 bits per heavy atom. The summed E-state index contributed by atoms with van der Waals surface area (Å²) in [5.74, 6) is -0.140. The Labute approximate surface area is 177 Å². The molecule has 0 spiro atoms. The Hall–Kier alpha value is -2.41. The average molecular weight is 416 g/mol. The molecule has 2 saturated heterocycles. The zero-order valence-electron chi connectivity index (χ0n) is 16.2. The first-order valence-corrected chi connectivity index (χ1v) is 9.81. The molecule has 4 rings (SSSR count). The quantitative estimate of drug-likeness (QED) is 0.805. The normalized spacial score (nSPS) is 21.3. The molecule has 0 saturated carbocycles. The van der Waals surface area contributed by atoms with Crippen LogP contribution in [0.5, 0.6) is 0 Å². The number of morpholine rings is 1. The molecule has 7 heteroatoms. The molecule has 29 heavy (non-hydrogen) atoms. The summed E-state index contributed by atoms with van der Waals surface area (Å²) in [5.41, 5.74) is 2.48. The van der Waals surface area contributed by atoms with Gasteiger partial charge in [-0.25, -0.2) is 0 Å². The van der Waals surface area contributed by atoms with Gasteiger partial charge in [-0.2, -0.15) is 0 Å². The molecule has 2 aliphatic rings. The summed E-state index contributed by atoms with van der Waals surface area (Å²) in [6, 6.07) is 17.4. The summed E-state index contributed by atoms with van der Waals surface area (Å²) in [6.07, 6.45) is 1.51. The van der Waals surface area contributed by atoms with Crippen molar-refractivity contribution < 1.29 is 14.3 Å². The van der Waals surface area contributed by atoms with Gasteiger partial charge in [0.05, 0.1) is 12.6 Å². The van der Waals surface area contributed by atoms with Gasteiger partial charge in [0.25, 0.3) is 11.8 Å². The predicted molar refractivity (Wildman–Crippen MR) is 114 cm³/mol. The van der Waals surface area contributed by atoms with Gasteiger partial charge < -0.3 is 20.3 Å². The van der Waals surface area contributed by atoms with Crippen LogP contribution < -0.4 is 10.6 Å². The number of halogens is 1. The standard InChI is InChI=1S/C22H25N3O3.ClH/c26-21(20-15-23-12-14-28-20)24-18-10-8-17(9-11-18)22(27)25-13-4-7-19(25)16-5-2-1-3-6-16;/h1-3,5-6,8-11,19-20,23H,4,7,12-15H2,(H,24,26);1H. The zero-order chi connectivity index (χ0) is 19.3. The van der Waals surface area contributed by atoms with E-state index in [1.165, 1.54) is 5.56 Å². The van der Waals surface area contributed by atoms with Gasteiger partial charge in [0.15, 0.2) is 0 Å². The van der Waals surface area contributed by atoms with E-state index in [0.717, 1.165) is 25.9 Å². The lowest BCUT2D eigenvalue weighted by atomic mass is 10.0. The second-order valence-corrected chi connectivity index (χ2v) is 7.20. The number of benzene rings is 2. The van der Waals surface area contributed by atoms with Gasteiger partial charge in [0.2, 0.25) is 0 Å². The van der Waals surface area contributed by atoms with Gasteiger partial charge in [-0.1, -0.05) is 30.3 Å². The Balaban J connectivity index is 0.00000240. The third-order valence-corrected chi connectivity index (χ3v) is 5.32. The van der Waals surface area contributed by atoms with Gasteiger partial charge in [-0.3, -0.25) is 9.59 Å². The van der Waals surface area contributed by atoms with Crippen molar-refractivity contribution in [2.75, 3.05) is 31.6 Å². The van der Waals surface area contributed by atoms with E-state index >= 15 is 0 Å². The number of anilines is 1. The van der Waals surface area contributed by atoms with Crippen LogP contribution in [0.15, 0.2) is 54.6 Å². The fourth-order valence-electron chi connectivity index (χ4n) is 3.85. The number of rotatable bonds is 4. The SMILES string of the molecule is Cl.O=C(Nc1ccc(C(=O)N2CCCC2c2ccccc2)cc1)C1CNCCO1. The van der Waals surface area contributed by atoms with Crippen molar-refractivity contribution in [1.29, 1.82) is 0 Å². The molecule has 2 N–H and O–H groups in total. The fourth-order valence-corrected chi connectivity index (χ4v) is 3.85. The Morgan fingerprint density at radius 3 is 2.52 bits per heavy atom. The van der Waals surface area contributed by atoms with E-state index in [1.54, 1.807) is 24.3 Å². The fraction of sp³-hybridized carbons (Fsp3) is 0.364. The molecule has 6 nitrogen and oxygen atoms in total.